The van der Waals surface area contributed by atoms with Gasteiger partial charge in [-0.15, -0.1) is 0 Å². The lowest BCUT2D eigenvalue weighted by molar-refractivity contribution is -0.114. The second-order valence-electron chi connectivity index (χ2n) is 4.53. The molecule has 3 heterocycles. The van der Waals surface area contributed by atoms with Crippen LogP contribution in [0.3, 0.4) is 0 Å². The molecule has 0 spiro atoms. The van der Waals surface area contributed by atoms with Crippen molar-refractivity contribution in [3.63, 3.8) is 0 Å². The summed E-state index contributed by atoms with van der Waals surface area (Å²) < 4.78 is 11.4. The van der Waals surface area contributed by atoms with Gasteiger partial charge in [-0.2, -0.15) is 0 Å². The highest BCUT2D eigenvalue weighted by molar-refractivity contribution is 5.26. The van der Waals surface area contributed by atoms with Crippen molar-refractivity contribution in [2.75, 3.05) is 13.2 Å². The third kappa shape index (κ3) is 1.23. The van der Waals surface area contributed by atoms with Crippen molar-refractivity contribution in [1.82, 2.24) is 5.32 Å². The minimum atomic E-state index is -0.438. The van der Waals surface area contributed by atoms with Crippen LogP contribution >= 0.6 is 0 Å². The van der Waals surface area contributed by atoms with Gasteiger partial charge in [-0.3, -0.25) is 0 Å². The Bertz CT molecular complexity index is 268. The molecule has 0 aromatic rings. The number of hydrogen-bond acceptors (Lipinski definition) is 3. The maximum Gasteiger partial charge on any atom is 0.189 e. The Morgan fingerprint density at radius 3 is 2.93 bits per heavy atom. The zero-order valence-corrected chi connectivity index (χ0v) is 8.58. The molecule has 2 saturated heterocycles. The summed E-state index contributed by atoms with van der Waals surface area (Å²) in [6.45, 7) is 3.50. The lowest BCUT2D eigenvalue weighted by atomic mass is 9.96. The summed E-state index contributed by atoms with van der Waals surface area (Å²) in [4.78, 5) is 0. The molecule has 0 saturated carbocycles. The number of nitrogens with one attached hydrogen (secondary N) is 1. The molecule has 3 aliphatic rings. The van der Waals surface area contributed by atoms with E-state index in [1.54, 1.807) is 0 Å². The maximum atomic E-state index is 5.70. The second-order valence-corrected chi connectivity index (χ2v) is 4.53. The predicted octanol–water partition coefficient (Wildman–Crippen LogP) is 1.20. The van der Waals surface area contributed by atoms with E-state index in [1.807, 2.05) is 6.92 Å². The molecular weight excluding hydrogens is 178 g/mol. The first-order valence-corrected chi connectivity index (χ1v) is 5.52. The Morgan fingerprint density at radius 1 is 1.36 bits per heavy atom. The first kappa shape index (κ1) is 8.89. The van der Waals surface area contributed by atoms with Crippen LogP contribution in [-0.2, 0) is 9.47 Å². The van der Waals surface area contributed by atoms with E-state index in [1.165, 1.54) is 18.4 Å². The van der Waals surface area contributed by atoms with E-state index in [2.05, 4.69) is 11.4 Å². The summed E-state index contributed by atoms with van der Waals surface area (Å²) >= 11 is 0. The minimum Gasteiger partial charge on any atom is -0.344 e. The molecule has 0 aromatic heterocycles. The quantitative estimate of drug-likeness (QED) is 0.638. The van der Waals surface area contributed by atoms with Gasteiger partial charge in [0.05, 0.1) is 13.2 Å². The van der Waals surface area contributed by atoms with Crippen LogP contribution in [0, 0.1) is 0 Å². The fourth-order valence-corrected chi connectivity index (χ4v) is 2.84. The maximum absolute atomic E-state index is 5.70. The van der Waals surface area contributed by atoms with Crippen LogP contribution in [0.2, 0.25) is 0 Å². The van der Waals surface area contributed by atoms with E-state index in [9.17, 15) is 0 Å². The SMILES string of the molecule is CC1(C2=CCC3CCC2N3)OCCO1. The summed E-state index contributed by atoms with van der Waals surface area (Å²) in [5.74, 6) is -0.438. The van der Waals surface area contributed by atoms with E-state index in [0.717, 1.165) is 19.6 Å². The molecule has 78 valence electrons. The van der Waals surface area contributed by atoms with E-state index in [-0.39, 0.29) is 0 Å². The fraction of sp³-hybridized carbons (Fsp3) is 0.818. The Labute approximate surface area is 84.5 Å². The van der Waals surface area contributed by atoms with Crippen LogP contribution in [0.4, 0.5) is 0 Å². The average molecular weight is 195 g/mol. The van der Waals surface area contributed by atoms with Crippen molar-refractivity contribution in [1.29, 1.82) is 0 Å². The molecule has 0 radical (unpaired) electrons. The van der Waals surface area contributed by atoms with E-state index < -0.39 is 5.79 Å². The lowest BCUT2D eigenvalue weighted by Gasteiger charge is -2.32. The molecule has 0 amide bonds. The van der Waals surface area contributed by atoms with Crippen LogP contribution in [0.25, 0.3) is 0 Å². The van der Waals surface area contributed by atoms with Gasteiger partial charge >= 0.3 is 0 Å². The van der Waals surface area contributed by atoms with Gasteiger partial charge < -0.3 is 14.8 Å². The molecule has 3 rings (SSSR count). The number of fused-ring (bicyclic) bond motifs is 2. The first-order chi connectivity index (χ1) is 6.78. The number of ether oxygens (including phenoxy) is 2. The van der Waals surface area contributed by atoms with Gasteiger partial charge in [0.1, 0.15) is 0 Å². The fourth-order valence-electron chi connectivity index (χ4n) is 2.84. The topological polar surface area (TPSA) is 30.5 Å². The van der Waals surface area contributed by atoms with Gasteiger partial charge in [0.25, 0.3) is 0 Å². The van der Waals surface area contributed by atoms with E-state index >= 15 is 0 Å². The Hall–Kier alpha value is -0.380. The molecule has 2 bridgehead atoms. The molecule has 2 unspecified atom stereocenters. The van der Waals surface area contributed by atoms with E-state index in [4.69, 9.17) is 9.47 Å². The molecule has 14 heavy (non-hydrogen) atoms. The van der Waals surface area contributed by atoms with Gasteiger partial charge in [-0.25, -0.2) is 0 Å². The molecular formula is C11H17NO2. The molecule has 0 aliphatic carbocycles. The van der Waals surface area contributed by atoms with Crippen molar-refractivity contribution in [3.8, 4) is 0 Å². The second kappa shape index (κ2) is 3.05. The molecule has 0 aromatic carbocycles. The molecule has 2 fully saturated rings. The Balaban J connectivity index is 1.87. The smallest absolute Gasteiger partial charge is 0.189 e. The van der Waals surface area contributed by atoms with Gasteiger partial charge in [0.15, 0.2) is 5.79 Å². The summed E-state index contributed by atoms with van der Waals surface area (Å²) in [7, 11) is 0. The largest absolute Gasteiger partial charge is 0.344 e. The highest BCUT2D eigenvalue weighted by Crippen LogP contribution is 2.37. The summed E-state index contributed by atoms with van der Waals surface area (Å²) in [6.07, 6.45) is 5.98. The van der Waals surface area contributed by atoms with Crippen LogP contribution in [-0.4, -0.2) is 31.1 Å². The minimum absolute atomic E-state index is 0.438. The van der Waals surface area contributed by atoms with Crippen LogP contribution in [0.1, 0.15) is 26.2 Å². The number of hydrogen-bond donors (Lipinski definition) is 1. The molecule has 3 aliphatic heterocycles. The van der Waals surface area contributed by atoms with Crippen LogP contribution < -0.4 is 5.32 Å². The highest BCUT2D eigenvalue weighted by atomic mass is 16.7. The number of rotatable bonds is 1. The first-order valence-electron chi connectivity index (χ1n) is 5.52. The zero-order chi connectivity index (χ0) is 9.60. The van der Waals surface area contributed by atoms with Crippen molar-refractivity contribution < 1.29 is 9.47 Å². The normalized spacial score (nSPS) is 39.9. The van der Waals surface area contributed by atoms with Crippen molar-refractivity contribution >= 4 is 0 Å². The van der Waals surface area contributed by atoms with Crippen molar-refractivity contribution in [2.45, 2.75) is 44.1 Å². The monoisotopic (exact) mass is 195 g/mol. The van der Waals surface area contributed by atoms with Gasteiger partial charge in [-0.1, -0.05) is 6.08 Å². The summed E-state index contributed by atoms with van der Waals surface area (Å²) in [5.41, 5.74) is 1.32. The Kier molecular flexibility index (Phi) is 1.94. The van der Waals surface area contributed by atoms with Gasteiger partial charge in [0.2, 0.25) is 0 Å². The van der Waals surface area contributed by atoms with Crippen molar-refractivity contribution in [3.05, 3.63) is 11.6 Å². The van der Waals surface area contributed by atoms with E-state index in [0.29, 0.717) is 12.1 Å². The van der Waals surface area contributed by atoms with Gasteiger partial charge in [-0.05, 0) is 26.2 Å². The third-order valence-electron chi connectivity index (χ3n) is 3.60. The highest BCUT2D eigenvalue weighted by Gasteiger charge is 2.43. The van der Waals surface area contributed by atoms with Gasteiger partial charge in [0, 0.05) is 17.7 Å². The standard InChI is InChI=1S/C11H17NO2/c1-11(13-6-7-14-11)9-4-2-8-3-5-10(9)12-8/h4,8,10,12H,2-3,5-7H2,1H3. The average Bonchev–Trinajstić information content (AvgIpc) is 2.76. The van der Waals surface area contributed by atoms with Crippen molar-refractivity contribution in [2.24, 2.45) is 0 Å². The molecule has 1 N–H and O–H groups in total. The lowest BCUT2D eigenvalue weighted by Crippen LogP contribution is -2.43. The summed E-state index contributed by atoms with van der Waals surface area (Å²) in [5, 5.41) is 3.61. The summed E-state index contributed by atoms with van der Waals surface area (Å²) in [6, 6.07) is 1.20. The third-order valence-corrected chi connectivity index (χ3v) is 3.60. The zero-order valence-electron chi connectivity index (χ0n) is 8.58. The predicted molar refractivity (Wildman–Crippen MR) is 53.0 cm³/mol. The Morgan fingerprint density at radius 2 is 2.14 bits per heavy atom. The molecule has 2 atom stereocenters. The molecule has 3 nitrogen and oxygen atoms in total. The van der Waals surface area contributed by atoms with Crippen LogP contribution in [0.15, 0.2) is 11.6 Å². The van der Waals surface area contributed by atoms with Crippen LogP contribution in [0.5, 0.6) is 0 Å². The molecule has 3 heteroatoms.